The van der Waals surface area contributed by atoms with Gasteiger partial charge in [0.15, 0.2) is 0 Å². The largest absolute Gasteiger partial charge is 0.0588 e. The fraction of sp³-hybridized carbons (Fsp3) is 0.538. The van der Waals surface area contributed by atoms with Gasteiger partial charge < -0.3 is 0 Å². The summed E-state index contributed by atoms with van der Waals surface area (Å²) in [5, 5.41) is 0. The molecule has 0 heterocycles. The summed E-state index contributed by atoms with van der Waals surface area (Å²) < 4.78 is 0. The molecule has 0 aliphatic heterocycles. The summed E-state index contributed by atoms with van der Waals surface area (Å²) >= 11 is 0. The van der Waals surface area contributed by atoms with Crippen molar-refractivity contribution in [2.24, 2.45) is 0 Å². The summed E-state index contributed by atoms with van der Waals surface area (Å²) in [6.45, 7) is 18.3. The monoisotopic (exact) mass is 350 g/mol. The fourth-order valence-electron chi connectivity index (χ4n) is 3.45. The summed E-state index contributed by atoms with van der Waals surface area (Å²) in [6.07, 6.45) is 4.89. The first-order valence-electron chi connectivity index (χ1n) is 10.2. The van der Waals surface area contributed by atoms with E-state index in [4.69, 9.17) is 0 Å². The van der Waals surface area contributed by atoms with E-state index >= 15 is 0 Å². The number of hydrogen-bond acceptors (Lipinski definition) is 0. The van der Waals surface area contributed by atoms with Crippen LogP contribution in [0.5, 0.6) is 0 Å². The third-order valence-electron chi connectivity index (χ3n) is 5.57. The Bertz CT molecular complexity index is 670. The summed E-state index contributed by atoms with van der Waals surface area (Å²) in [6, 6.07) is 14.0. The topological polar surface area (TPSA) is 0 Å². The normalized spacial score (nSPS) is 12.5. The third-order valence-corrected chi connectivity index (χ3v) is 5.57. The number of benzene rings is 2. The predicted octanol–water partition coefficient (Wildman–Crippen LogP) is 7.46. The molecule has 26 heavy (non-hydrogen) atoms. The van der Waals surface area contributed by atoms with Crippen molar-refractivity contribution in [1.82, 2.24) is 0 Å². The van der Waals surface area contributed by atoms with Gasteiger partial charge in [0.1, 0.15) is 0 Å². The highest BCUT2D eigenvalue weighted by atomic mass is 14.2. The molecule has 0 nitrogen and oxygen atoms in total. The van der Waals surface area contributed by atoms with Crippen molar-refractivity contribution in [2.45, 2.75) is 91.9 Å². The van der Waals surface area contributed by atoms with Gasteiger partial charge in [0.05, 0.1) is 0 Å². The minimum atomic E-state index is 0.229. The highest BCUT2D eigenvalue weighted by molar-refractivity contribution is 5.36. The molecule has 2 aromatic rings. The molecule has 0 amide bonds. The van der Waals surface area contributed by atoms with Gasteiger partial charge in [-0.25, -0.2) is 0 Å². The molecule has 2 rings (SSSR count). The molecule has 0 aliphatic rings. The summed E-state index contributed by atoms with van der Waals surface area (Å²) in [5.41, 5.74) is 9.28. The molecule has 0 saturated carbocycles. The second-order valence-electron chi connectivity index (χ2n) is 9.99. The molecule has 0 aliphatic carbocycles. The van der Waals surface area contributed by atoms with Crippen molar-refractivity contribution >= 4 is 0 Å². The van der Waals surface area contributed by atoms with Crippen LogP contribution in [-0.2, 0) is 23.7 Å². The van der Waals surface area contributed by atoms with Crippen LogP contribution in [0.1, 0.15) is 87.8 Å². The van der Waals surface area contributed by atoms with Gasteiger partial charge in [-0.2, -0.15) is 0 Å². The third kappa shape index (κ3) is 5.47. The van der Waals surface area contributed by atoms with Crippen LogP contribution in [-0.4, -0.2) is 0 Å². The number of hydrogen-bond donors (Lipinski definition) is 0. The lowest BCUT2D eigenvalue weighted by atomic mass is 9.84. The quantitative estimate of drug-likeness (QED) is 0.491. The van der Waals surface area contributed by atoms with Crippen LogP contribution >= 0.6 is 0 Å². The SMILES string of the molecule is Cc1ccc(C(C)(C)C)cc1CCCCc1cc(C(C)(C)C)ccc1C. The van der Waals surface area contributed by atoms with E-state index in [1.165, 1.54) is 59.1 Å². The van der Waals surface area contributed by atoms with E-state index in [-0.39, 0.29) is 10.8 Å². The maximum absolute atomic E-state index is 2.43. The summed E-state index contributed by atoms with van der Waals surface area (Å²) in [7, 11) is 0. The Balaban J connectivity index is 2.00. The molecule has 0 radical (unpaired) electrons. The standard InChI is InChI=1S/C26H38/c1-19-13-15-23(25(3,4)5)17-21(19)11-9-10-12-22-18-24(26(6,7)8)16-14-20(22)2/h13-18H,9-12H2,1-8H3. The minimum Gasteiger partial charge on any atom is -0.0588 e. The Kier molecular flexibility index (Phi) is 6.37. The van der Waals surface area contributed by atoms with Gasteiger partial charge >= 0.3 is 0 Å². The molecule has 0 bridgehead atoms. The molecule has 0 atom stereocenters. The predicted molar refractivity (Wildman–Crippen MR) is 116 cm³/mol. The Morgan fingerprint density at radius 3 is 1.23 bits per heavy atom. The zero-order valence-corrected chi connectivity index (χ0v) is 18.3. The van der Waals surface area contributed by atoms with E-state index in [0.717, 1.165) is 0 Å². The van der Waals surface area contributed by atoms with Crippen molar-refractivity contribution in [3.63, 3.8) is 0 Å². The lowest BCUT2D eigenvalue weighted by Gasteiger charge is -2.21. The van der Waals surface area contributed by atoms with Crippen LogP contribution in [0.15, 0.2) is 36.4 Å². The Morgan fingerprint density at radius 2 is 0.923 bits per heavy atom. The van der Waals surface area contributed by atoms with Gasteiger partial charge in [0, 0.05) is 0 Å². The highest BCUT2D eigenvalue weighted by Crippen LogP contribution is 2.27. The van der Waals surface area contributed by atoms with Crippen molar-refractivity contribution < 1.29 is 0 Å². The zero-order chi connectivity index (χ0) is 19.5. The molecular formula is C26H38. The van der Waals surface area contributed by atoms with Gasteiger partial charge in [-0.1, -0.05) is 77.9 Å². The molecule has 2 aromatic carbocycles. The van der Waals surface area contributed by atoms with Gasteiger partial charge in [0.25, 0.3) is 0 Å². The summed E-state index contributed by atoms with van der Waals surface area (Å²) in [5.74, 6) is 0. The zero-order valence-electron chi connectivity index (χ0n) is 18.3. The van der Waals surface area contributed by atoms with Crippen LogP contribution < -0.4 is 0 Å². The molecule has 0 fully saturated rings. The van der Waals surface area contributed by atoms with E-state index in [1.807, 2.05) is 0 Å². The molecule has 0 N–H and O–H groups in total. The van der Waals surface area contributed by atoms with Gasteiger partial charge in [-0.05, 0) is 83.7 Å². The molecule has 0 spiro atoms. The first-order chi connectivity index (χ1) is 12.0. The van der Waals surface area contributed by atoms with Crippen molar-refractivity contribution in [1.29, 1.82) is 0 Å². The van der Waals surface area contributed by atoms with Crippen molar-refractivity contribution in [3.8, 4) is 0 Å². The molecule has 0 saturated heterocycles. The minimum absolute atomic E-state index is 0.229. The lowest BCUT2D eigenvalue weighted by Crippen LogP contribution is -2.12. The van der Waals surface area contributed by atoms with E-state index in [9.17, 15) is 0 Å². The van der Waals surface area contributed by atoms with Crippen LogP contribution in [0.3, 0.4) is 0 Å². The molecule has 0 unspecified atom stereocenters. The van der Waals surface area contributed by atoms with Gasteiger partial charge in [-0.15, -0.1) is 0 Å². The average Bonchev–Trinajstić information content (AvgIpc) is 2.52. The fourth-order valence-corrected chi connectivity index (χ4v) is 3.45. The second kappa shape index (κ2) is 7.99. The molecular weight excluding hydrogens is 312 g/mol. The summed E-state index contributed by atoms with van der Waals surface area (Å²) in [4.78, 5) is 0. The van der Waals surface area contributed by atoms with Gasteiger partial charge in [0.2, 0.25) is 0 Å². The molecule has 0 heteroatoms. The van der Waals surface area contributed by atoms with E-state index in [0.29, 0.717) is 0 Å². The average molecular weight is 351 g/mol. The molecule has 142 valence electrons. The Labute approximate surface area is 162 Å². The first-order valence-corrected chi connectivity index (χ1v) is 10.2. The van der Waals surface area contributed by atoms with Crippen molar-refractivity contribution in [3.05, 3.63) is 69.8 Å². The Morgan fingerprint density at radius 1 is 0.577 bits per heavy atom. The highest BCUT2D eigenvalue weighted by Gasteiger charge is 2.15. The van der Waals surface area contributed by atoms with E-state index in [1.54, 1.807) is 0 Å². The van der Waals surface area contributed by atoms with Crippen molar-refractivity contribution in [2.75, 3.05) is 0 Å². The maximum Gasteiger partial charge on any atom is -0.0132 e. The number of unbranched alkanes of at least 4 members (excludes halogenated alkanes) is 1. The number of aryl methyl sites for hydroxylation is 4. The van der Waals surface area contributed by atoms with Crippen LogP contribution in [0.2, 0.25) is 0 Å². The van der Waals surface area contributed by atoms with Crippen LogP contribution in [0.25, 0.3) is 0 Å². The van der Waals surface area contributed by atoms with Crippen LogP contribution in [0.4, 0.5) is 0 Å². The smallest absolute Gasteiger partial charge is 0.0132 e. The number of rotatable bonds is 5. The van der Waals surface area contributed by atoms with Gasteiger partial charge in [-0.3, -0.25) is 0 Å². The second-order valence-corrected chi connectivity index (χ2v) is 9.99. The van der Waals surface area contributed by atoms with E-state index in [2.05, 4.69) is 91.8 Å². The maximum atomic E-state index is 2.43. The Hall–Kier alpha value is -1.56. The van der Waals surface area contributed by atoms with E-state index < -0.39 is 0 Å². The lowest BCUT2D eigenvalue weighted by molar-refractivity contribution is 0.587. The first kappa shape index (κ1) is 20.7. The molecule has 0 aromatic heterocycles. The van der Waals surface area contributed by atoms with Crippen LogP contribution in [0, 0.1) is 13.8 Å².